The van der Waals surface area contributed by atoms with Crippen LogP contribution in [-0.4, -0.2) is 33.7 Å². The second-order valence-electron chi connectivity index (χ2n) is 5.32. The molecule has 1 heterocycles. The topological polar surface area (TPSA) is 65.0 Å². The zero-order chi connectivity index (χ0) is 17.4. The van der Waals surface area contributed by atoms with Gasteiger partial charge in [0.05, 0.1) is 18.1 Å². The third-order valence-electron chi connectivity index (χ3n) is 3.26. The second-order valence-corrected chi connectivity index (χ2v) is 13.0. The van der Waals surface area contributed by atoms with E-state index < -0.39 is 38.8 Å². The molecule has 0 radical (unpaired) electrons. The van der Waals surface area contributed by atoms with Crippen molar-refractivity contribution >= 4 is 44.3 Å². The van der Waals surface area contributed by atoms with Gasteiger partial charge in [-0.25, -0.2) is 13.3 Å². The molecule has 1 aliphatic heterocycles. The van der Waals surface area contributed by atoms with Gasteiger partial charge in [0.1, 0.15) is 11.6 Å². The minimum Gasteiger partial charge on any atom is -0.446 e. The van der Waals surface area contributed by atoms with E-state index in [1.807, 2.05) is 0 Å². The van der Waals surface area contributed by atoms with Crippen molar-refractivity contribution in [2.24, 2.45) is 0 Å². The summed E-state index contributed by atoms with van der Waals surface area (Å²) in [6.07, 6.45) is 0. The Labute approximate surface area is 139 Å². The molecule has 1 N–H and O–H groups in total. The highest BCUT2D eigenvalue weighted by atomic mass is 32.7. The molecule has 2 rings (SSSR count). The third-order valence-corrected chi connectivity index (χ3v) is 9.56. The quantitative estimate of drug-likeness (QED) is 0.602. The minimum absolute atomic E-state index is 0.0839. The Balaban J connectivity index is 2.51. The summed E-state index contributed by atoms with van der Waals surface area (Å²) in [5.41, 5.74) is 0.0867. The molecule has 0 aliphatic carbocycles. The molecule has 1 aliphatic rings. The van der Waals surface area contributed by atoms with E-state index in [0.29, 0.717) is 11.4 Å². The second kappa shape index (κ2) is 6.95. The first-order valence-corrected chi connectivity index (χ1v) is 13.0. The SMILES string of the molecule is CCOP(=O)(OCC)Sc1c(F)cc2c(c1F)[Si](C)(C)OB2O. The predicted octanol–water partition coefficient (Wildman–Crippen LogP) is 2.37. The summed E-state index contributed by atoms with van der Waals surface area (Å²) in [4.78, 5) is -0.438. The van der Waals surface area contributed by atoms with Gasteiger partial charge in [-0.3, -0.25) is 0 Å². The van der Waals surface area contributed by atoms with Gasteiger partial charge in [0.25, 0.3) is 0 Å². The molecule has 0 atom stereocenters. The molecule has 1 aromatic rings. The van der Waals surface area contributed by atoms with Crippen molar-refractivity contribution < 1.29 is 31.8 Å². The van der Waals surface area contributed by atoms with Crippen LogP contribution in [0.2, 0.25) is 13.1 Å². The van der Waals surface area contributed by atoms with Crippen molar-refractivity contribution in [2.75, 3.05) is 13.2 Å². The highest BCUT2D eigenvalue weighted by Crippen LogP contribution is 2.64. The molecule has 11 heteroatoms. The largest absolute Gasteiger partial charge is 0.480 e. The maximum atomic E-state index is 14.9. The average Bonchev–Trinajstić information content (AvgIpc) is 2.64. The first-order chi connectivity index (χ1) is 10.6. The van der Waals surface area contributed by atoms with Gasteiger partial charge in [0.15, 0.2) is 0 Å². The van der Waals surface area contributed by atoms with E-state index in [9.17, 15) is 18.4 Å². The van der Waals surface area contributed by atoms with Crippen LogP contribution in [0.5, 0.6) is 0 Å². The summed E-state index contributed by atoms with van der Waals surface area (Å²) in [7, 11) is -4.06. The molecule has 0 amide bonds. The van der Waals surface area contributed by atoms with Gasteiger partial charge in [-0.1, -0.05) is 0 Å². The van der Waals surface area contributed by atoms with E-state index in [1.165, 1.54) is 0 Å². The molecule has 0 saturated carbocycles. The molecule has 0 fully saturated rings. The van der Waals surface area contributed by atoms with Gasteiger partial charge in [-0.15, -0.1) is 0 Å². The molecule has 0 saturated heterocycles. The van der Waals surface area contributed by atoms with Gasteiger partial charge < -0.3 is 18.4 Å². The van der Waals surface area contributed by atoms with E-state index >= 15 is 0 Å². The summed E-state index contributed by atoms with van der Waals surface area (Å²) in [6, 6.07) is 1.02. The predicted molar refractivity (Wildman–Crippen MR) is 88.9 cm³/mol. The molecular formula is C12H18BF2O5PSSi. The van der Waals surface area contributed by atoms with Gasteiger partial charge in [-0.05, 0) is 38.5 Å². The first kappa shape index (κ1) is 19.1. The van der Waals surface area contributed by atoms with Crippen LogP contribution in [0.1, 0.15) is 13.8 Å². The Kier molecular flexibility index (Phi) is 5.78. The van der Waals surface area contributed by atoms with E-state index in [1.54, 1.807) is 26.9 Å². The van der Waals surface area contributed by atoms with Crippen molar-refractivity contribution in [3.8, 4) is 0 Å². The Morgan fingerprint density at radius 2 is 1.91 bits per heavy atom. The zero-order valence-corrected chi connectivity index (χ0v) is 16.0. The molecule has 0 bridgehead atoms. The number of halogens is 2. The normalized spacial score (nSPS) is 16.7. The molecule has 1 aromatic carbocycles. The van der Waals surface area contributed by atoms with Crippen molar-refractivity contribution in [1.29, 1.82) is 0 Å². The van der Waals surface area contributed by atoms with Crippen molar-refractivity contribution in [1.82, 2.24) is 0 Å². The summed E-state index contributed by atoms with van der Waals surface area (Å²) in [5.74, 6) is -1.79. The van der Waals surface area contributed by atoms with E-state index in [2.05, 4.69) is 0 Å². The van der Waals surface area contributed by atoms with Crippen LogP contribution in [0.3, 0.4) is 0 Å². The van der Waals surface area contributed by atoms with E-state index in [4.69, 9.17) is 13.4 Å². The van der Waals surface area contributed by atoms with Crippen molar-refractivity contribution in [3.05, 3.63) is 17.7 Å². The maximum Gasteiger partial charge on any atom is 0.480 e. The number of hydrogen-bond acceptors (Lipinski definition) is 6. The third kappa shape index (κ3) is 3.73. The fraction of sp³-hybridized carbons (Fsp3) is 0.500. The summed E-state index contributed by atoms with van der Waals surface area (Å²) < 4.78 is 57.2. The summed E-state index contributed by atoms with van der Waals surface area (Å²) in [6.45, 7) is 3.06. The van der Waals surface area contributed by atoms with Crippen LogP contribution < -0.4 is 10.6 Å². The highest BCUT2D eigenvalue weighted by Gasteiger charge is 2.47. The lowest BCUT2D eigenvalue weighted by molar-refractivity contribution is 0.236. The number of hydrogen-bond donors (Lipinski definition) is 1. The van der Waals surface area contributed by atoms with Crippen LogP contribution in [-0.2, 0) is 18.0 Å². The van der Waals surface area contributed by atoms with Crippen molar-refractivity contribution in [2.45, 2.75) is 31.8 Å². The smallest absolute Gasteiger partial charge is 0.446 e. The molecule has 5 nitrogen and oxygen atoms in total. The molecule has 0 aromatic heterocycles. The van der Waals surface area contributed by atoms with Crippen molar-refractivity contribution in [3.63, 3.8) is 0 Å². The standard InChI is InChI=1S/C12H18BF2O5PSSi/c1-5-18-21(17,19-6-2)22-11-9(14)7-8-12(10(11)15)23(3,4)20-13(8)16/h7,16H,5-6H2,1-4H3. The fourth-order valence-electron chi connectivity index (χ4n) is 2.43. The number of benzene rings is 1. The lowest BCUT2D eigenvalue weighted by Gasteiger charge is -2.20. The monoisotopic (exact) mass is 382 g/mol. The lowest BCUT2D eigenvalue weighted by atomic mass is 9.80. The Morgan fingerprint density at radius 1 is 1.35 bits per heavy atom. The minimum atomic E-state index is -3.73. The molecule has 0 unspecified atom stereocenters. The van der Waals surface area contributed by atoms with Gasteiger partial charge in [0.2, 0.25) is 8.32 Å². The lowest BCUT2D eigenvalue weighted by Crippen LogP contribution is -2.46. The van der Waals surface area contributed by atoms with Gasteiger partial charge >= 0.3 is 13.9 Å². The molecule has 23 heavy (non-hydrogen) atoms. The molecule has 0 spiro atoms. The Morgan fingerprint density at radius 3 is 2.43 bits per heavy atom. The molecular weight excluding hydrogens is 364 g/mol. The summed E-state index contributed by atoms with van der Waals surface area (Å²) >= 11 is 0.408. The maximum absolute atomic E-state index is 14.9. The Hall–Kier alpha value is -0.218. The number of fused-ring (bicyclic) bond motifs is 1. The van der Waals surface area contributed by atoms with E-state index in [-0.39, 0.29) is 23.9 Å². The van der Waals surface area contributed by atoms with Gasteiger partial charge in [0, 0.05) is 16.6 Å². The van der Waals surface area contributed by atoms with Gasteiger partial charge in [-0.2, -0.15) is 0 Å². The fourth-order valence-corrected chi connectivity index (χ4v) is 8.35. The highest BCUT2D eigenvalue weighted by molar-refractivity contribution is 8.55. The average molecular weight is 382 g/mol. The van der Waals surface area contributed by atoms with Crippen LogP contribution in [0.15, 0.2) is 11.0 Å². The molecule has 128 valence electrons. The Bertz CT molecular complexity index is 653. The number of rotatable bonds is 6. The zero-order valence-electron chi connectivity index (χ0n) is 13.3. The summed E-state index contributed by atoms with van der Waals surface area (Å²) in [5, 5.41) is 10.0. The van der Waals surface area contributed by atoms with Crippen LogP contribution >= 0.6 is 18.2 Å². The van der Waals surface area contributed by atoms with E-state index in [0.717, 1.165) is 6.07 Å². The van der Waals surface area contributed by atoms with Crippen LogP contribution in [0.25, 0.3) is 0 Å². The first-order valence-electron chi connectivity index (χ1n) is 7.12. The van der Waals surface area contributed by atoms with Crippen LogP contribution in [0.4, 0.5) is 8.78 Å². The van der Waals surface area contributed by atoms with Crippen LogP contribution in [0, 0.1) is 11.6 Å².